The third kappa shape index (κ3) is 3.40. The van der Waals surface area contributed by atoms with Crippen LogP contribution in [0.25, 0.3) is 0 Å². The highest BCUT2D eigenvalue weighted by Gasteiger charge is 2.13. The Hall–Kier alpha value is -2.18. The zero-order chi connectivity index (χ0) is 13.0. The van der Waals surface area contributed by atoms with Gasteiger partial charge in [-0.25, -0.2) is 4.39 Å². The second kappa shape index (κ2) is 5.24. The van der Waals surface area contributed by atoms with Crippen molar-refractivity contribution in [3.05, 3.63) is 34.1 Å². The standard InChI is InChI=1S/C10H12FN3O3/c1-12-10(15)6-13(2)8-3-7(11)4-9(5-8)14(16)17/h3-5H,6H2,1-2H3,(H,12,15). The fourth-order valence-electron chi connectivity index (χ4n) is 1.27. The van der Waals surface area contributed by atoms with Crippen molar-refractivity contribution in [2.75, 3.05) is 25.5 Å². The zero-order valence-corrected chi connectivity index (χ0v) is 9.44. The predicted octanol–water partition coefficient (Wildman–Crippen LogP) is 0.916. The summed E-state index contributed by atoms with van der Waals surface area (Å²) in [4.78, 5) is 22.4. The number of nitrogens with one attached hydrogen (secondary N) is 1. The Morgan fingerprint density at radius 2 is 2.18 bits per heavy atom. The SMILES string of the molecule is CNC(=O)CN(C)c1cc(F)cc([N+](=O)[O-])c1. The first-order valence-electron chi connectivity index (χ1n) is 4.80. The molecule has 92 valence electrons. The third-order valence-corrected chi connectivity index (χ3v) is 2.18. The van der Waals surface area contributed by atoms with Crippen LogP contribution in [0, 0.1) is 15.9 Å². The van der Waals surface area contributed by atoms with Crippen LogP contribution in [0.2, 0.25) is 0 Å². The summed E-state index contributed by atoms with van der Waals surface area (Å²) < 4.78 is 13.1. The molecule has 0 spiro atoms. The molecule has 6 nitrogen and oxygen atoms in total. The summed E-state index contributed by atoms with van der Waals surface area (Å²) in [7, 11) is 3.03. The van der Waals surface area contributed by atoms with Gasteiger partial charge in [0.05, 0.1) is 17.5 Å². The van der Waals surface area contributed by atoms with Gasteiger partial charge >= 0.3 is 0 Å². The van der Waals surface area contributed by atoms with Crippen molar-refractivity contribution >= 4 is 17.3 Å². The van der Waals surface area contributed by atoms with Gasteiger partial charge in [0.2, 0.25) is 5.91 Å². The van der Waals surface area contributed by atoms with Gasteiger partial charge in [0, 0.05) is 25.8 Å². The molecule has 17 heavy (non-hydrogen) atoms. The molecule has 0 unspecified atom stereocenters. The van der Waals surface area contributed by atoms with Gasteiger partial charge in [-0.15, -0.1) is 0 Å². The van der Waals surface area contributed by atoms with Crippen LogP contribution in [0.4, 0.5) is 15.8 Å². The number of amides is 1. The number of non-ortho nitro benzene ring substituents is 1. The Labute approximate surface area is 97.2 Å². The molecule has 0 aromatic heterocycles. The van der Waals surface area contributed by atoms with E-state index in [1.54, 1.807) is 7.05 Å². The fraction of sp³-hybridized carbons (Fsp3) is 0.300. The first kappa shape index (κ1) is 12.9. The Morgan fingerprint density at radius 3 is 2.71 bits per heavy atom. The van der Waals surface area contributed by atoms with E-state index < -0.39 is 10.7 Å². The van der Waals surface area contributed by atoms with E-state index >= 15 is 0 Å². The van der Waals surface area contributed by atoms with E-state index in [0.717, 1.165) is 12.1 Å². The minimum atomic E-state index is -0.710. The van der Waals surface area contributed by atoms with E-state index in [-0.39, 0.29) is 23.8 Å². The predicted molar refractivity (Wildman–Crippen MR) is 60.4 cm³/mol. The lowest BCUT2D eigenvalue weighted by Crippen LogP contribution is -2.32. The van der Waals surface area contributed by atoms with E-state index in [2.05, 4.69) is 5.32 Å². The molecule has 0 aliphatic heterocycles. The van der Waals surface area contributed by atoms with Crippen LogP contribution in [0.5, 0.6) is 0 Å². The molecular formula is C10H12FN3O3. The number of carbonyl (C=O) groups excluding carboxylic acids is 1. The quantitative estimate of drug-likeness (QED) is 0.628. The highest BCUT2D eigenvalue weighted by molar-refractivity contribution is 5.81. The van der Waals surface area contributed by atoms with Gasteiger partial charge in [-0.2, -0.15) is 0 Å². The monoisotopic (exact) mass is 241 g/mol. The number of likely N-dealkylation sites (N-methyl/N-ethyl adjacent to an activating group) is 2. The molecule has 1 aromatic rings. The van der Waals surface area contributed by atoms with Crippen LogP contribution in [0.15, 0.2) is 18.2 Å². The van der Waals surface area contributed by atoms with Crippen LogP contribution in [0.3, 0.4) is 0 Å². The average molecular weight is 241 g/mol. The molecule has 0 saturated heterocycles. The Bertz CT molecular complexity index is 450. The maximum absolute atomic E-state index is 13.1. The van der Waals surface area contributed by atoms with Gasteiger partial charge in [0.15, 0.2) is 0 Å². The van der Waals surface area contributed by atoms with Gasteiger partial charge in [0.1, 0.15) is 5.82 Å². The molecule has 7 heteroatoms. The number of rotatable bonds is 4. The lowest BCUT2D eigenvalue weighted by Gasteiger charge is -2.17. The van der Waals surface area contributed by atoms with E-state index in [1.165, 1.54) is 18.0 Å². The summed E-state index contributed by atoms with van der Waals surface area (Å²) in [5.41, 5.74) is -0.0657. The van der Waals surface area contributed by atoms with Crippen molar-refractivity contribution < 1.29 is 14.1 Å². The molecule has 0 saturated carbocycles. The number of anilines is 1. The van der Waals surface area contributed by atoms with Crippen LogP contribution in [0.1, 0.15) is 0 Å². The maximum atomic E-state index is 13.1. The number of nitro benzene ring substituents is 1. The van der Waals surface area contributed by atoms with Crippen molar-refractivity contribution in [2.45, 2.75) is 0 Å². The molecule has 0 bridgehead atoms. The average Bonchev–Trinajstić information content (AvgIpc) is 2.27. The molecule has 1 N–H and O–H groups in total. The molecule has 0 radical (unpaired) electrons. The molecule has 0 heterocycles. The van der Waals surface area contributed by atoms with Gasteiger partial charge in [-0.3, -0.25) is 14.9 Å². The highest BCUT2D eigenvalue weighted by atomic mass is 19.1. The number of nitrogens with zero attached hydrogens (tertiary/aromatic N) is 2. The Kier molecular flexibility index (Phi) is 3.97. The molecular weight excluding hydrogens is 229 g/mol. The number of nitro groups is 1. The number of halogens is 1. The minimum absolute atomic E-state index is 0.00287. The van der Waals surface area contributed by atoms with Gasteiger partial charge in [-0.05, 0) is 6.07 Å². The molecule has 1 aromatic carbocycles. The topological polar surface area (TPSA) is 75.5 Å². The summed E-state index contributed by atoms with van der Waals surface area (Å²) in [5.74, 6) is -0.975. The second-order valence-electron chi connectivity index (χ2n) is 3.45. The number of carbonyl (C=O) groups is 1. The minimum Gasteiger partial charge on any atom is -0.365 e. The van der Waals surface area contributed by atoms with Gasteiger partial charge in [0.25, 0.3) is 5.69 Å². The van der Waals surface area contributed by atoms with E-state index in [1.807, 2.05) is 0 Å². The largest absolute Gasteiger partial charge is 0.365 e. The van der Waals surface area contributed by atoms with Gasteiger partial charge in [-0.1, -0.05) is 0 Å². The number of benzene rings is 1. The number of hydrogen-bond donors (Lipinski definition) is 1. The lowest BCUT2D eigenvalue weighted by molar-refractivity contribution is -0.385. The smallest absolute Gasteiger partial charge is 0.274 e. The molecule has 0 aliphatic rings. The van der Waals surface area contributed by atoms with Crippen molar-refractivity contribution in [1.29, 1.82) is 0 Å². The summed E-state index contributed by atoms with van der Waals surface area (Å²) in [6.45, 7) is -0.00287. The van der Waals surface area contributed by atoms with Crippen molar-refractivity contribution in [1.82, 2.24) is 5.32 Å². The third-order valence-electron chi connectivity index (χ3n) is 2.18. The molecule has 1 rings (SSSR count). The van der Waals surface area contributed by atoms with Crippen molar-refractivity contribution in [2.24, 2.45) is 0 Å². The Balaban J connectivity index is 2.97. The summed E-state index contributed by atoms with van der Waals surface area (Å²) >= 11 is 0. The molecule has 0 aliphatic carbocycles. The number of hydrogen-bond acceptors (Lipinski definition) is 4. The summed E-state index contributed by atoms with van der Waals surface area (Å²) in [6, 6.07) is 3.18. The maximum Gasteiger partial charge on any atom is 0.274 e. The van der Waals surface area contributed by atoms with Crippen molar-refractivity contribution in [3.8, 4) is 0 Å². The highest BCUT2D eigenvalue weighted by Crippen LogP contribution is 2.22. The first-order chi connectivity index (χ1) is 7.93. The van der Waals surface area contributed by atoms with E-state index in [0.29, 0.717) is 0 Å². The second-order valence-corrected chi connectivity index (χ2v) is 3.45. The van der Waals surface area contributed by atoms with E-state index in [9.17, 15) is 19.3 Å². The van der Waals surface area contributed by atoms with Crippen LogP contribution in [-0.2, 0) is 4.79 Å². The van der Waals surface area contributed by atoms with Crippen LogP contribution in [-0.4, -0.2) is 31.5 Å². The molecule has 0 atom stereocenters. The molecule has 0 fully saturated rings. The summed E-state index contributed by atoms with van der Waals surface area (Å²) in [5, 5.41) is 13.0. The fourth-order valence-corrected chi connectivity index (χ4v) is 1.27. The Morgan fingerprint density at radius 1 is 1.53 bits per heavy atom. The first-order valence-corrected chi connectivity index (χ1v) is 4.80. The van der Waals surface area contributed by atoms with Gasteiger partial charge < -0.3 is 10.2 Å². The van der Waals surface area contributed by atoms with E-state index in [4.69, 9.17) is 0 Å². The van der Waals surface area contributed by atoms with Crippen molar-refractivity contribution in [3.63, 3.8) is 0 Å². The zero-order valence-electron chi connectivity index (χ0n) is 9.44. The summed E-state index contributed by atoms with van der Waals surface area (Å²) in [6.07, 6.45) is 0. The normalized spacial score (nSPS) is 9.82. The van der Waals surface area contributed by atoms with Crippen LogP contribution < -0.4 is 10.2 Å². The molecule has 1 amide bonds. The van der Waals surface area contributed by atoms with Crippen LogP contribution >= 0.6 is 0 Å². The lowest BCUT2D eigenvalue weighted by atomic mass is 10.2.